The average Bonchev–Trinajstić information content (AvgIpc) is 3.75. The molecule has 2 unspecified atom stereocenters. The number of para-hydroxylation sites is 1. The Hall–Kier alpha value is -5.86. The van der Waals surface area contributed by atoms with Crippen molar-refractivity contribution in [1.29, 1.82) is 0 Å². The van der Waals surface area contributed by atoms with Crippen molar-refractivity contribution >= 4 is 39.0 Å². The fraction of sp³-hybridized carbons (Fsp3) is 0.276. The second-order valence-electron chi connectivity index (χ2n) is 19.0. The minimum absolute atomic E-state index is 0.171. The first-order chi connectivity index (χ1) is 29.3. The summed E-state index contributed by atoms with van der Waals surface area (Å²) >= 11 is 0. The van der Waals surface area contributed by atoms with Gasteiger partial charge in [0.25, 0.3) is 0 Å². The first kappa shape index (κ1) is 37.2. The van der Waals surface area contributed by atoms with Crippen molar-refractivity contribution in [3.05, 3.63) is 173 Å². The Morgan fingerprint density at radius 2 is 1.17 bits per heavy atom. The molecule has 0 aliphatic heterocycles. The molecule has 2 saturated carbocycles. The molecule has 3 aliphatic carbocycles. The molecule has 0 spiro atoms. The van der Waals surface area contributed by atoms with Gasteiger partial charge in [-0.1, -0.05) is 124 Å². The summed E-state index contributed by atoms with van der Waals surface area (Å²) in [5, 5.41) is 2.29. The van der Waals surface area contributed by atoms with Crippen LogP contribution in [0.2, 0.25) is 0 Å². The van der Waals surface area contributed by atoms with Gasteiger partial charge in [0.2, 0.25) is 0 Å². The smallest absolute Gasteiger partial charge is 0.137 e. The van der Waals surface area contributed by atoms with Gasteiger partial charge in [0.05, 0.1) is 5.69 Å². The first-order valence-corrected chi connectivity index (χ1v) is 22.5. The van der Waals surface area contributed by atoms with Crippen LogP contribution in [0.3, 0.4) is 0 Å². The second kappa shape index (κ2) is 14.7. The number of benzene rings is 7. The van der Waals surface area contributed by atoms with Crippen LogP contribution in [0.25, 0.3) is 55.3 Å². The maximum Gasteiger partial charge on any atom is 0.137 e. The van der Waals surface area contributed by atoms with E-state index in [9.17, 15) is 0 Å². The van der Waals surface area contributed by atoms with Crippen molar-refractivity contribution in [2.75, 3.05) is 4.90 Å². The van der Waals surface area contributed by atoms with E-state index in [2.05, 4.69) is 172 Å². The van der Waals surface area contributed by atoms with Crippen LogP contribution in [-0.2, 0) is 11.8 Å². The van der Waals surface area contributed by atoms with E-state index in [4.69, 9.17) is 4.42 Å². The molecule has 1 aromatic heterocycles. The molecule has 298 valence electrons. The molecule has 0 radical (unpaired) electrons. The number of fused-ring (bicyclic) bond motifs is 8. The van der Waals surface area contributed by atoms with Crippen molar-refractivity contribution < 1.29 is 4.42 Å². The summed E-state index contributed by atoms with van der Waals surface area (Å²) in [7, 11) is 0. The van der Waals surface area contributed by atoms with Gasteiger partial charge in [-0.2, -0.15) is 0 Å². The largest absolute Gasteiger partial charge is 0.456 e. The minimum Gasteiger partial charge on any atom is -0.456 e. The Balaban J connectivity index is 0.953. The van der Waals surface area contributed by atoms with Crippen molar-refractivity contribution in [2.45, 2.75) is 84.5 Å². The zero-order valence-corrected chi connectivity index (χ0v) is 35.6. The molecule has 7 aromatic carbocycles. The highest BCUT2D eigenvalue weighted by Crippen LogP contribution is 2.52. The maximum atomic E-state index is 6.50. The van der Waals surface area contributed by atoms with Gasteiger partial charge in [-0.05, 0) is 173 Å². The van der Waals surface area contributed by atoms with E-state index in [-0.39, 0.29) is 5.41 Å². The van der Waals surface area contributed by atoms with Gasteiger partial charge in [-0.15, -0.1) is 0 Å². The highest BCUT2D eigenvalue weighted by molar-refractivity contribution is 6.06. The van der Waals surface area contributed by atoms with Crippen molar-refractivity contribution in [3.63, 3.8) is 0 Å². The molecule has 0 saturated heterocycles. The fourth-order valence-corrected chi connectivity index (χ4v) is 11.8. The Morgan fingerprint density at radius 1 is 0.550 bits per heavy atom. The van der Waals surface area contributed by atoms with Crippen LogP contribution >= 0.6 is 0 Å². The number of furan rings is 1. The van der Waals surface area contributed by atoms with E-state index in [1.54, 1.807) is 0 Å². The molecule has 0 N–H and O–H groups in total. The van der Waals surface area contributed by atoms with Crippen molar-refractivity contribution in [2.24, 2.45) is 17.8 Å². The minimum atomic E-state index is -0.171. The lowest BCUT2D eigenvalue weighted by Gasteiger charge is -2.39. The molecule has 2 atom stereocenters. The zero-order valence-electron chi connectivity index (χ0n) is 35.6. The topological polar surface area (TPSA) is 16.4 Å². The molecule has 2 fully saturated rings. The highest BCUT2D eigenvalue weighted by atomic mass is 16.3. The summed E-state index contributed by atoms with van der Waals surface area (Å²) in [5.74, 6) is 2.93. The lowest BCUT2D eigenvalue weighted by Crippen LogP contribution is -2.27. The van der Waals surface area contributed by atoms with E-state index in [1.807, 2.05) is 6.07 Å². The molecule has 3 aliphatic rings. The summed E-state index contributed by atoms with van der Waals surface area (Å²) in [4.78, 5) is 2.47. The Bertz CT molecular complexity index is 2860. The van der Waals surface area contributed by atoms with E-state index in [0.717, 1.165) is 51.1 Å². The predicted octanol–water partition coefficient (Wildman–Crippen LogP) is 16.5. The molecular weight excluding hydrogens is 727 g/mol. The maximum absolute atomic E-state index is 6.50. The number of nitrogens with zero attached hydrogens (tertiary/aromatic N) is 1. The SMILES string of the molecule is Cc1cc(-c2ccc(CCC3CC4CCCC(C4)C3)cc2)cc(C)c1N(c1ccc2c(c1)C(C)(C)c1cc(-c3ccccc3)ccc1-2)c1ccc2c(c1)oc1ccccc12. The van der Waals surface area contributed by atoms with Gasteiger partial charge in [0.1, 0.15) is 11.2 Å². The third-order valence-electron chi connectivity index (χ3n) is 14.7. The summed E-state index contributed by atoms with van der Waals surface area (Å²) in [6, 6.07) is 54.3. The van der Waals surface area contributed by atoms with Crippen LogP contribution < -0.4 is 4.90 Å². The van der Waals surface area contributed by atoms with Gasteiger partial charge in [0, 0.05) is 33.6 Å². The standard InChI is InChI=1S/C58H55NO/c1-37-29-46(44-21-19-39(20-22-44)17-18-42-32-40-11-10-12-41(31-40)33-42)30-38(2)57(37)59(48-25-28-52-51-15-8-9-16-55(51)60-56(52)36-48)47-24-27-50-49-26-23-45(43-13-6-5-7-14-43)34-53(49)58(3,4)54(50)35-47/h5-9,13-16,19-30,34-36,40-42H,10-12,17-18,31-33H2,1-4H3. The van der Waals surface area contributed by atoms with E-state index < -0.39 is 0 Å². The normalized spacial score (nSPS) is 19.0. The number of rotatable bonds is 8. The molecule has 60 heavy (non-hydrogen) atoms. The summed E-state index contributed by atoms with van der Waals surface area (Å²) in [6.45, 7) is 9.34. The quantitative estimate of drug-likeness (QED) is 0.153. The lowest BCUT2D eigenvalue weighted by molar-refractivity contribution is 0.132. The van der Waals surface area contributed by atoms with E-state index in [1.165, 1.54) is 118 Å². The zero-order chi connectivity index (χ0) is 40.5. The van der Waals surface area contributed by atoms with Crippen molar-refractivity contribution in [3.8, 4) is 33.4 Å². The number of hydrogen-bond donors (Lipinski definition) is 0. The third kappa shape index (κ3) is 6.47. The van der Waals surface area contributed by atoms with Crippen LogP contribution in [0.4, 0.5) is 17.1 Å². The van der Waals surface area contributed by atoms with Crippen molar-refractivity contribution in [1.82, 2.24) is 0 Å². The predicted molar refractivity (Wildman–Crippen MR) is 253 cm³/mol. The average molecular weight is 782 g/mol. The molecule has 0 amide bonds. The van der Waals surface area contributed by atoms with Crippen LogP contribution in [0.1, 0.15) is 86.6 Å². The lowest BCUT2D eigenvalue weighted by atomic mass is 9.67. The Labute approximate surface area is 355 Å². The Morgan fingerprint density at radius 3 is 1.93 bits per heavy atom. The number of anilines is 3. The molecular formula is C58H55NO. The number of hydrogen-bond acceptors (Lipinski definition) is 2. The molecule has 2 heteroatoms. The monoisotopic (exact) mass is 781 g/mol. The molecule has 8 aromatic rings. The molecule has 11 rings (SSSR count). The van der Waals surface area contributed by atoms with Gasteiger partial charge < -0.3 is 9.32 Å². The summed E-state index contributed by atoms with van der Waals surface area (Å²) in [6.07, 6.45) is 11.4. The number of aryl methyl sites for hydroxylation is 3. The van der Waals surface area contributed by atoms with Crippen LogP contribution in [0.5, 0.6) is 0 Å². The van der Waals surface area contributed by atoms with Crippen LogP contribution in [0.15, 0.2) is 150 Å². The third-order valence-corrected chi connectivity index (χ3v) is 14.7. The molecule has 2 nitrogen and oxygen atoms in total. The fourth-order valence-electron chi connectivity index (χ4n) is 11.8. The van der Waals surface area contributed by atoms with Crippen LogP contribution in [0, 0.1) is 31.6 Å². The molecule has 1 heterocycles. The summed E-state index contributed by atoms with van der Waals surface area (Å²) in [5.41, 5.74) is 19.5. The first-order valence-electron chi connectivity index (χ1n) is 22.5. The summed E-state index contributed by atoms with van der Waals surface area (Å²) < 4.78 is 6.50. The van der Waals surface area contributed by atoms with Gasteiger partial charge in [-0.3, -0.25) is 0 Å². The van der Waals surface area contributed by atoms with Gasteiger partial charge >= 0.3 is 0 Å². The van der Waals surface area contributed by atoms with Crippen LogP contribution in [-0.4, -0.2) is 0 Å². The Kier molecular flexibility index (Phi) is 9.10. The van der Waals surface area contributed by atoms with Gasteiger partial charge in [-0.25, -0.2) is 0 Å². The highest BCUT2D eigenvalue weighted by Gasteiger charge is 2.37. The van der Waals surface area contributed by atoms with E-state index >= 15 is 0 Å². The van der Waals surface area contributed by atoms with E-state index in [0.29, 0.717) is 0 Å². The second-order valence-corrected chi connectivity index (χ2v) is 19.0. The molecule has 2 bridgehead atoms. The van der Waals surface area contributed by atoms with Gasteiger partial charge in [0.15, 0.2) is 0 Å².